The maximum Gasteiger partial charge on any atom is 0.256 e. The molecule has 9 heteroatoms. The molecule has 2 atom stereocenters. The van der Waals surface area contributed by atoms with E-state index in [2.05, 4.69) is 10.6 Å². The lowest BCUT2D eigenvalue weighted by Crippen LogP contribution is -2.52. The molecular formula is C22H22ClN3O5. The van der Waals surface area contributed by atoms with Gasteiger partial charge >= 0.3 is 0 Å². The number of halogens is 1. The normalized spacial score (nSPS) is 19.9. The summed E-state index contributed by atoms with van der Waals surface area (Å²) >= 11 is 6.16. The van der Waals surface area contributed by atoms with Crippen molar-refractivity contribution < 1.29 is 23.9 Å². The van der Waals surface area contributed by atoms with Gasteiger partial charge in [-0.15, -0.1) is 0 Å². The van der Waals surface area contributed by atoms with E-state index in [4.69, 9.17) is 21.1 Å². The summed E-state index contributed by atoms with van der Waals surface area (Å²) in [5, 5.41) is 6.17. The number of carbonyl (C=O) groups is 3. The highest BCUT2D eigenvalue weighted by molar-refractivity contribution is 6.31. The number of amides is 3. The Morgan fingerprint density at radius 1 is 1.19 bits per heavy atom. The molecule has 2 aromatic rings. The molecule has 8 nitrogen and oxygen atoms in total. The van der Waals surface area contributed by atoms with Crippen LogP contribution in [0.5, 0.6) is 5.75 Å². The van der Waals surface area contributed by atoms with Gasteiger partial charge < -0.3 is 25.0 Å². The minimum absolute atomic E-state index is 0.107. The summed E-state index contributed by atoms with van der Waals surface area (Å²) in [6, 6.07) is 9.21. The zero-order valence-electron chi connectivity index (χ0n) is 17.1. The average Bonchev–Trinajstić information content (AvgIpc) is 3.12. The van der Waals surface area contributed by atoms with Gasteiger partial charge in [-0.3, -0.25) is 14.4 Å². The number of hydrogen-bond donors (Lipinski definition) is 2. The van der Waals surface area contributed by atoms with Crippen LogP contribution in [0.1, 0.15) is 16.8 Å². The van der Waals surface area contributed by atoms with E-state index >= 15 is 0 Å². The maximum absolute atomic E-state index is 13.4. The zero-order chi connectivity index (χ0) is 22.1. The summed E-state index contributed by atoms with van der Waals surface area (Å²) < 4.78 is 10.3. The second-order valence-corrected chi connectivity index (χ2v) is 7.87. The molecule has 0 radical (unpaired) electrons. The Kier molecular flexibility index (Phi) is 5.84. The van der Waals surface area contributed by atoms with Crippen LogP contribution in [0.15, 0.2) is 36.4 Å². The molecule has 0 aliphatic carbocycles. The third-order valence-electron chi connectivity index (χ3n) is 5.53. The first kappa shape index (κ1) is 21.1. The van der Waals surface area contributed by atoms with Gasteiger partial charge in [0.1, 0.15) is 18.4 Å². The molecule has 2 aliphatic heterocycles. The van der Waals surface area contributed by atoms with Gasteiger partial charge in [-0.1, -0.05) is 17.7 Å². The summed E-state index contributed by atoms with van der Waals surface area (Å²) in [5.41, 5.74) is 2.28. The SMILES string of the molecule is COCC(=O)NC1CCN2C(=O)c3cc(-c4cc(Cl)ccc4OC)ccc3NC(=O)C12. The van der Waals surface area contributed by atoms with Crippen molar-refractivity contribution in [3.8, 4) is 16.9 Å². The molecule has 4 rings (SSSR count). The Morgan fingerprint density at radius 3 is 2.74 bits per heavy atom. The van der Waals surface area contributed by atoms with Crippen LogP contribution in [-0.4, -0.2) is 62.1 Å². The molecule has 1 fully saturated rings. The maximum atomic E-state index is 13.4. The van der Waals surface area contributed by atoms with Gasteiger partial charge in [-0.2, -0.15) is 0 Å². The van der Waals surface area contributed by atoms with E-state index < -0.39 is 12.1 Å². The summed E-state index contributed by atoms with van der Waals surface area (Å²) in [5.74, 6) is -0.314. The monoisotopic (exact) mass is 443 g/mol. The van der Waals surface area contributed by atoms with Gasteiger partial charge in [0.2, 0.25) is 11.8 Å². The molecule has 2 N–H and O–H groups in total. The van der Waals surface area contributed by atoms with Crippen molar-refractivity contribution in [1.82, 2.24) is 10.2 Å². The number of nitrogens with one attached hydrogen (secondary N) is 2. The zero-order valence-corrected chi connectivity index (χ0v) is 17.9. The van der Waals surface area contributed by atoms with Gasteiger partial charge in [0.25, 0.3) is 5.91 Å². The van der Waals surface area contributed by atoms with Crippen molar-refractivity contribution in [3.63, 3.8) is 0 Å². The highest BCUT2D eigenvalue weighted by Gasteiger charge is 2.45. The van der Waals surface area contributed by atoms with Crippen LogP contribution in [0.2, 0.25) is 5.02 Å². The number of hydrogen-bond acceptors (Lipinski definition) is 5. The second-order valence-electron chi connectivity index (χ2n) is 7.43. The van der Waals surface area contributed by atoms with Crippen LogP contribution in [-0.2, 0) is 14.3 Å². The number of nitrogens with zero attached hydrogens (tertiary/aromatic N) is 1. The lowest BCUT2D eigenvalue weighted by molar-refractivity contribution is -0.126. The number of fused-ring (bicyclic) bond motifs is 2. The van der Waals surface area contributed by atoms with Gasteiger partial charge in [0.05, 0.1) is 24.4 Å². The minimum Gasteiger partial charge on any atom is -0.496 e. The largest absolute Gasteiger partial charge is 0.496 e. The van der Waals surface area contributed by atoms with E-state index in [0.717, 1.165) is 11.1 Å². The Morgan fingerprint density at radius 2 is 2.00 bits per heavy atom. The quantitative estimate of drug-likeness (QED) is 0.739. The summed E-state index contributed by atoms with van der Waals surface area (Å²) in [7, 11) is 2.99. The molecule has 0 spiro atoms. The number of rotatable bonds is 5. The molecule has 0 bridgehead atoms. The number of carbonyl (C=O) groups excluding carboxylic acids is 3. The van der Waals surface area contributed by atoms with Crippen molar-refractivity contribution in [2.75, 3.05) is 32.7 Å². The van der Waals surface area contributed by atoms with Crippen molar-refractivity contribution >= 4 is 35.0 Å². The first-order valence-electron chi connectivity index (χ1n) is 9.81. The van der Waals surface area contributed by atoms with Crippen LogP contribution in [0.3, 0.4) is 0 Å². The fraction of sp³-hybridized carbons (Fsp3) is 0.318. The number of ether oxygens (including phenoxy) is 2. The molecule has 2 aromatic carbocycles. The van der Waals surface area contributed by atoms with Crippen LogP contribution in [0.4, 0.5) is 5.69 Å². The smallest absolute Gasteiger partial charge is 0.256 e. The highest BCUT2D eigenvalue weighted by Crippen LogP contribution is 2.36. The van der Waals surface area contributed by atoms with E-state index in [1.165, 1.54) is 12.0 Å². The topological polar surface area (TPSA) is 97.0 Å². The molecule has 1 saturated heterocycles. The Balaban J connectivity index is 1.68. The third-order valence-corrected chi connectivity index (χ3v) is 5.76. The molecule has 0 aromatic heterocycles. The van der Waals surface area contributed by atoms with E-state index in [1.54, 1.807) is 43.5 Å². The summed E-state index contributed by atoms with van der Waals surface area (Å²) in [4.78, 5) is 39.8. The van der Waals surface area contributed by atoms with E-state index in [0.29, 0.717) is 35.0 Å². The summed E-state index contributed by atoms with van der Waals surface area (Å²) in [6.07, 6.45) is 0.483. The lowest BCUT2D eigenvalue weighted by atomic mass is 10.0. The molecular weight excluding hydrogens is 422 g/mol. The standard InChI is InChI=1S/C22H22ClN3O5/c1-30-11-19(27)24-17-7-8-26-20(17)21(28)25-16-5-3-12(9-15(16)22(26)29)14-10-13(23)4-6-18(14)31-2/h3-6,9-10,17,20H,7-8,11H2,1-2H3,(H,24,27)(H,25,28). The predicted octanol–water partition coefficient (Wildman–Crippen LogP) is 2.31. The van der Waals surface area contributed by atoms with E-state index in [1.807, 2.05) is 0 Å². The molecule has 0 saturated carbocycles. The number of benzene rings is 2. The average molecular weight is 444 g/mol. The molecule has 3 amide bonds. The van der Waals surface area contributed by atoms with Gasteiger partial charge in [0.15, 0.2) is 0 Å². The Labute approximate surface area is 184 Å². The Hall–Kier alpha value is -3.10. The lowest BCUT2D eigenvalue weighted by Gasteiger charge is -2.24. The number of anilines is 1. The van der Waals surface area contributed by atoms with Crippen LogP contribution < -0.4 is 15.4 Å². The first-order valence-corrected chi connectivity index (χ1v) is 10.2. The van der Waals surface area contributed by atoms with Crippen LogP contribution in [0, 0.1) is 0 Å². The third kappa shape index (κ3) is 3.96. The second kappa shape index (κ2) is 8.56. The first-order chi connectivity index (χ1) is 14.9. The fourth-order valence-corrected chi connectivity index (χ4v) is 4.31. The van der Waals surface area contributed by atoms with Crippen molar-refractivity contribution in [2.24, 2.45) is 0 Å². The van der Waals surface area contributed by atoms with Gasteiger partial charge in [-0.25, -0.2) is 0 Å². The molecule has 162 valence electrons. The van der Waals surface area contributed by atoms with E-state index in [-0.39, 0.29) is 24.3 Å². The van der Waals surface area contributed by atoms with E-state index in [9.17, 15) is 14.4 Å². The fourth-order valence-electron chi connectivity index (χ4n) is 4.14. The molecule has 31 heavy (non-hydrogen) atoms. The van der Waals surface area contributed by atoms with Gasteiger partial charge in [0, 0.05) is 24.2 Å². The molecule has 2 aliphatic rings. The Bertz CT molecular complexity index is 1060. The summed E-state index contributed by atoms with van der Waals surface area (Å²) in [6.45, 7) is 0.253. The van der Waals surface area contributed by atoms with Crippen molar-refractivity contribution in [1.29, 1.82) is 0 Å². The number of methoxy groups -OCH3 is 2. The minimum atomic E-state index is -0.787. The molecule has 2 heterocycles. The van der Waals surface area contributed by atoms with Gasteiger partial charge in [-0.05, 0) is 42.3 Å². The van der Waals surface area contributed by atoms with Crippen LogP contribution >= 0.6 is 11.6 Å². The predicted molar refractivity (Wildman–Crippen MR) is 115 cm³/mol. The van der Waals surface area contributed by atoms with Crippen molar-refractivity contribution in [3.05, 3.63) is 47.0 Å². The van der Waals surface area contributed by atoms with Crippen LogP contribution in [0.25, 0.3) is 11.1 Å². The highest BCUT2D eigenvalue weighted by atomic mass is 35.5. The van der Waals surface area contributed by atoms with Crippen molar-refractivity contribution in [2.45, 2.75) is 18.5 Å². The molecule has 2 unspecified atom stereocenters.